The lowest BCUT2D eigenvalue weighted by Gasteiger charge is -2.42. The predicted molar refractivity (Wildman–Crippen MR) is 144 cm³/mol. The first-order valence-electron chi connectivity index (χ1n) is 12.2. The van der Waals surface area contributed by atoms with E-state index in [4.69, 9.17) is 9.98 Å². The molecule has 4 aliphatic rings. The monoisotopic (exact) mass is 452 g/mol. The van der Waals surface area contributed by atoms with E-state index in [-0.39, 0.29) is 11.7 Å². The maximum Gasteiger partial charge on any atom is 0.202 e. The number of nitrogens with zero attached hydrogens (tertiary/aromatic N) is 4. The average Bonchev–Trinajstić information content (AvgIpc) is 3.20. The van der Waals surface area contributed by atoms with Crippen LogP contribution in [0.5, 0.6) is 0 Å². The Morgan fingerprint density at radius 1 is 0.971 bits per heavy atom. The Bertz CT molecular complexity index is 1740. The standard InChI is InChI=1S/C31H24N4/c1-31-20-9-5-12-24(31)22-11-4-3-10-21(22)23-18-19-8-6-15-32-28(19)29-26(23)27(31)25(14-13-20)35(29)30-33-16-7-17-34(30)2/h3-18,20,30H,1-2H3. The lowest BCUT2D eigenvalue weighted by Crippen LogP contribution is -2.36. The molecular formula is C31H24N4. The normalized spacial score (nSPS) is 25.2. The first-order chi connectivity index (χ1) is 17.2. The molecule has 0 radical (unpaired) electrons. The highest BCUT2D eigenvalue weighted by atomic mass is 15.4. The molecule has 1 aliphatic heterocycles. The van der Waals surface area contributed by atoms with Crippen molar-refractivity contribution in [2.45, 2.75) is 18.6 Å². The summed E-state index contributed by atoms with van der Waals surface area (Å²) >= 11 is 0. The van der Waals surface area contributed by atoms with Gasteiger partial charge in [-0.1, -0.05) is 61.6 Å². The molecule has 0 saturated carbocycles. The number of hydrogen-bond acceptors (Lipinski definition) is 3. The summed E-state index contributed by atoms with van der Waals surface area (Å²) in [6.45, 7) is 2.43. The highest BCUT2D eigenvalue weighted by Crippen LogP contribution is 2.59. The Kier molecular flexibility index (Phi) is 3.55. The van der Waals surface area contributed by atoms with Gasteiger partial charge in [0.2, 0.25) is 6.29 Å². The summed E-state index contributed by atoms with van der Waals surface area (Å²) in [7, 11) is 2.10. The third kappa shape index (κ3) is 2.23. The number of benzene rings is 2. The van der Waals surface area contributed by atoms with Crippen molar-refractivity contribution in [1.82, 2.24) is 14.5 Å². The van der Waals surface area contributed by atoms with Crippen LogP contribution in [0.1, 0.15) is 30.0 Å². The molecule has 4 heteroatoms. The van der Waals surface area contributed by atoms with E-state index in [9.17, 15) is 0 Å². The molecule has 0 N–H and O–H groups in total. The highest BCUT2D eigenvalue weighted by Gasteiger charge is 2.48. The maximum atomic E-state index is 4.94. The van der Waals surface area contributed by atoms with Gasteiger partial charge in [0.1, 0.15) is 0 Å². The fraction of sp³-hybridized carbons (Fsp3) is 0.161. The van der Waals surface area contributed by atoms with E-state index in [2.05, 4.69) is 96.4 Å². The van der Waals surface area contributed by atoms with Gasteiger partial charge in [-0.3, -0.25) is 9.55 Å². The Hall–Kier alpha value is -4.18. The first-order valence-corrected chi connectivity index (χ1v) is 12.2. The van der Waals surface area contributed by atoms with Crippen LogP contribution in [0, 0.1) is 5.92 Å². The molecule has 3 atom stereocenters. The number of fused-ring (bicyclic) bond motifs is 5. The third-order valence-corrected chi connectivity index (χ3v) is 8.39. The molecule has 8 rings (SSSR count). The summed E-state index contributed by atoms with van der Waals surface area (Å²) in [5, 5.41) is 2.47. The van der Waals surface area contributed by atoms with Gasteiger partial charge in [0.15, 0.2) is 0 Å². The average molecular weight is 453 g/mol. The fourth-order valence-electron chi connectivity index (χ4n) is 6.83. The summed E-state index contributed by atoms with van der Waals surface area (Å²) in [5.41, 5.74) is 9.94. The second kappa shape index (κ2) is 6.48. The molecule has 0 saturated heterocycles. The lowest BCUT2D eigenvalue weighted by molar-refractivity contribution is 0.259. The Labute approximate surface area is 203 Å². The van der Waals surface area contributed by atoms with Gasteiger partial charge in [-0.2, -0.15) is 0 Å². The Morgan fingerprint density at radius 3 is 2.74 bits per heavy atom. The molecule has 35 heavy (non-hydrogen) atoms. The number of hydrogen-bond donors (Lipinski definition) is 0. The van der Waals surface area contributed by atoms with Crippen molar-refractivity contribution in [3.8, 4) is 11.1 Å². The van der Waals surface area contributed by atoms with Gasteiger partial charge in [-0.15, -0.1) is 0 Å². The summed E-state index contributed by atoms with van der Waals surface area (Å²) < 4.78 is 2.42. The van der Waals surface area contributed by atoms with E-state index in [0.717, 1.165) is 10.9 Å². The molecule has 3 unspecified atom stereocenters. The van der Waals surface area contributed by atoms with Crippen LogP contribution in [0.3, 0.4) is 0 Å². The van der Waals surface area contributed by atoms with Crippen LogP contribution in [0.15, 0.2) is 90.2 Å². The predicted octanol–water partition coefficient (Wildman–Crippen LogP) is 6.71. The van der Waals surface area contributed by atoms with E-state index < -0.39 is 0 Å². The number of pyridine rings is 1. The van der Waals surface area contributed by atoms with Crippen LogP contribution >= 0.6 is 0 Å². The third-order valence-electron chi connectivity index (χ3n) is 8.39. The van der Waals surface area contributed by atoms with Crippen molar-refractivity contribution in [2.75, 3.05) is 7.05 Å². The minimum Gasteiger partial charge on any atom is -0.342 e. The van der Waals surface area contributed by atoms with Gasteiger partial charge in [0, 0.05) is 53.5 Å². The zero-order valence-corrected chi connectivity index (χ0v) is 19.7. The molecule has 0 fully saturated rings. The summed E-state index contributed by atoms with van der Waals surface area (Å²) in [5.74, 6) is 0.292. The molecule has 0 bridgehead atoms. The molecule has 0 spiro atoms. The lowest BCUT2D eigenvalue weighted by atomic mass is 9.61. The van der Waals surface area contributed by atoms with E-state index in [1.807, 2.05) is 24.6 Å². The van der Waals surface area contributed by atoms with Gasteiger partial charge in [0.25, 0.3) is 0 Å². The zero-order valence-electron chi connectivity index (χ0n) is 19.7. The number of rotatable bonds is 1. The summed E-state index contributed by atoms with van der Waals surface area (Å²) in [6.07, 6.45) is 19.4. The number of aromatic nitrogens is 2. The van der Waals surface area contributed by atoms with Crippen LogP contribution in [0.4, 0.5) is 0 Å². The Balaban J connectivity index is 1.66. The van der Waals surface area contributed by atoms with Gasteiger partial charge < -0.3 is 4.90 Å². The van der Waals surface area contributed by atoms with E-state index >= 15 is 0 Å². The van der Waals surface area contributed by atoms with Crippen molar-refractivity contribution >= 4 is 39.7 Å². The first kappa shape index (κ1) is 19.2. The van der Waals surface area contributed by atoms with Crippen LogP contribution < -0.4 is 0 Å². The van der Waals surface area contributed by atoms with Gasteiger partial charge in [-0.25, -0.2) is 4.99 Å². The van der Waals surface area contributed by atoms with Crippen molar-refractivity contribution in [3.63, 3.8) is 0 Å². The van der Waals surface area contributed by atoms with Gasteiger partial charge in [-0.05, 0) is 52.1 Å². The van der Waals surface area contributed by atoms with E-state index in [1.165, 1.54) is 44.4 Å². The maximum absolute atomic E-state index is 4.94. The SMILES string of the molecule is CN1C=CC=NC1n1c2c3c4c(cc5cccnc5c41)-c1ccccc1C1=CC=CC(C=C2)C13C. The van der Waals surface area contributed by atoms with Crippen molar-refractivity contribution < 1.29 is 0 Å². The quantitative estimate of drug-likeness (QED) is 0.322. The van der Waals surface area contributed by atoms with Gasteiger partial charge in [0.05, 0.1) is 11.0 Å². The van der Waals surface area contributed by atoms with Crippen LogP contribution in [-0.2, 0) is 5.41 Å². The van der Waals surface area contributed by atoms with Crippen molar-refractivity contribution in [3.05, 3.63) is 102 Å². The van der Waals surface area contributed by atoms with Crippen LogP contribution in [0.25, 0.3) is 44.6 Å². The summed E-state index contributed by atoms with van der Waals surface area (Å²) in [4.78, 5) is 12.1. The molecule has 4 nitrogen and oxygen atoms in total. The topological polar surface area (TPSA) is 33.4 Å². The molecule has 3 aliphatic carbocycles. The second-order valence-corrected chi connectivity index (χ2v) is 10.1. The largest absolute Gasteiger partial charge is 0.342 e. The summed E-state index contributed by atoms with van der Waals surface area (Å²) in [6, 6.07) is 15.5. The zero-order chi connectivity index (χ0) is 23.3. The number of allylic oxidation sites excluding steroid dienone is 6. The minimum absolute atomic E-state index is 0.169. The van der Waals surface area contributed by atoms with Crippen molar-refractivity contribution in [1.29, 1.82) is 0 Å². The van der Waals surface area contributed by atoms with E-state index in [1.54, 1.807) is 0 Å². The molecule has 168 valence electrons. The molecule has 4 aromatic rings. The Morgan fingerprint density at radius 2 is 1.86 bits per heavy atom. The van der Waals surface area contributed by atoms with Crippen LogP contribution in [0.2, 0.25) is 0 Å². The highest BCUT2D eigenvalue weighted by molar-refractivity contribution is 6.17. The van der Waals surface area contributed by atoms with Gasteiger partial charge >= 0.3 is 0 Å². The second-order valence-electron chi connectivity index (χ2n) is 10.1. The van der Waals surface area contributed by atoms with Crippen LogP contribution in [-0.4, -0.2) is 27.7 Å². The molecule has 0 amide bonds. The molecule has 3 heterocycles. The molecule has 2 aromatic carbocycles. The van der Waals surface area contributed by atoms with Crippen molar-refractivity contribution in [2.24, 2.45) is 10.9 Å². The number of aliphatic imine (C=N–C) groups is 1. The smallest absolute Gasteiger partial charge is 0.202 e. The minimum atomic E-state index is -0.182. The van der Waals surface area contributed by atoms with E-state index in [0.29, 0.717) is 5.92 Å². The molecule has 2 aromatic heterocycles. The fourth-order valence-corrected chi connectivity index (χ4v) is 6.83. The molecular weight excluding hydrogens is 428 g/mol.